The molecule has 3 aromatic rings. The highest BCUT2D eigenvalue weighted by atomic mass is 19.4. The Morgan fingerprint density at radius 2 is 1.72 bits per heavy atom. The Labute approximate surface area is 221 Å². The molecule has 1 aromatic carbocycles. The highest BCUT2D eigenvalue weighted by Crippen LogP contribution is 2.31. The number of aromatic nitrogens is 3. The van der Waals surface area contributed by atoms with Crippen LogP contribution in [0.3, 0.4) is 0 Å². The van der Waals surface area contributed by atoms with Crippen LogP contribution in [-0.4, -0.2) is 77.6 Å². The fourth-order valence-electron chi connectivity index (χ4n) is 4.87. The largest absolute Gasteiger partial charge is 0.451 e. The van der Waals surface area contributed by atoms with Crippen molar-refractivity contribution in [2.45, 2.75) is 31.0 Å². The van der Waals surface area contributed by atoms with Crippen LogP contribution in [0.25, 0.3) is 10.9 Å². The molecule has 5 rings (SSSR count). The number of hydrogen-bond donors (Lipinski definition) is 1. The molecule has 1 N–H and O–H groups in total. The second-order valence-electron chi connectivity index (χ2n) is 9.60. The van der Waals surface area contributed by atoms with Gasteiger partial charge in [-0.3, -0.25) is 9.69 Å². The smallest absolute Gasteiger partial charge is 0.379 e. The number of anilines is 1. The zero-order valence-corrected chi connectivity index (χ0v) is 20.9. The lowest BCUT2D eigenvalue weighted by Gasteiger charge is -2.34. The molecule has 1 amide bonds. The standard InChI is InChI=1S/C26H27F5N6O2/c27-25(28)6-8-37(9-7-25)22-5-4-18-19(2-1-3-20(18)35-22)23(38)32-16-21(36-10-12-39-13-11-36)17-14-33-24(34-15-17)26(29,30)31/h1-5,14-15,21H,6-13,16H2,(H,32,38). The van der Waals surface area contributed by atoms with Crippen molar-refractivity contribution < 1.29 is 31.5 Å². The van der Waals surface area contributed by atoms with Gasteiger partial charge in [-0.2, -0.15) is 13.2 Å². The topological polar surface area (TPSA) is 83.5 Å². The number of pyridine rings is 1. The Morgan fingerprint density at radius 1 is 1.03 bits per heavy atom. The van der Waals surface area contributed by atoms with Crippen LogP contribution in [0.2, 0.25) is 0 Å². The average molecular weight is 551 g/mol. The monoisotopic (exact) mass is 550 g/mol. The van der Waals surface area contributed by atoms with Gasteiger partial charge in [0.25, 0.3) is 11.8 Å². The maximum absolute atomic E-state index is 13.6. The Balaban J connectivity index is 1.33. The van der Waals surface area contributed by atoms with Gasteiger partial charge in [0.05, 0.1) is 24.8 Å². The molecule has 2 fully saturated rings. The minimum absolute atomic E-state index is 0.109. The number of rotatable bonds is 6. The van der Waals surface area contributed by atoms with Gasteiger partial charge in [-0.1, -0.05) is 6.07 Å². The average Bonchev–Trinajstić information content (AvgIpc) is 2.93. The fraction of sp³-hybridized carbons (Fsp3) is 0.462. The fourth-order valence-corrected chi connectivity index (χ4v) is 4.87. The SMILES string of the molecule is O=C(NCC(c1cnc(C(F)(F)F)nc1)N1CCOCC1)c1cccc2nc(N3CCC(F)(F)CC3)ccc12. The summed E-state index contributed by atoms with van der Waals surface area (Å²) in [5.41, 5.74) is 1.38. The summed E-state index contributed by atoms with van der Waals surface area (Å²) < 4.78 is 71.4. The minimum Gasteiger partial charge on any atom is -0.379 e. The van der Waals surface area contributed by atoms with E-state index in [2.05, 4.69) is 20.3 Å². The van der Waals surface area contributed by atoms with Crippen LogP contribution >= 0.6 is 0 Å². The zero-order valence-electron chi connectivity index (χ0n) is 20.9. The highest BCUT2D eigenvalue weighted by Gasteiger charge is 2.36. The van der Waals surface area contributed by atoms with E-state index in [4.69, 9.17) is 4.74 Å². The van der Waals surface area contributed by atoms with Crippen molar-refractivity contribution in [3.05, 3.63) is 59.7 Å². The Bertz CT molecular complexity index is 1300. The normalized spacial score (nSPS) is 19.2. The van der Waals surface area contributed by atoms with Gasteiger partial charge < -0.3 is 15.0 Å². The van der Waals surface area contributed by atoms with Crippen molar-refractivity contribution in [3.63, 3.8) is 0 Å². The molecule has 2 saturated heterocycles. The zero-order chi connectivity index (χ0) is 27.6. The molecular formula is C26H27F5N6O2. The summed E-state index contributed by atoms with van der Waals surface area (Å²) in [7, 11) is 0. The van der Waals surface area contributed by atoms with Crippen LogP contribution in [0.5, 0.6) is 0 Å². The van der Waals surface area contributed by atoms with E-state index in [-0.39, 0.29) is 38.4 Å². The molecule has 2 aliphatic heterocycles. The second-order valence-corrected chi connectivity index (χ2v) is 9.60. The molecule has 1 atom stereocenters. The van der Waals surface area contributed by atoms with Crippen LogP contribution < -0.4 is 10.2 Å². The first kappa shape index (κ1) is 27.1. The van der Waals surface area contributed by atoms with Crippen LogP contribution in [0.15, 0.2) is 42.7 Å². The number of carbonyl (C=O) groups is 1. The van der Waals surface area contributed by atoms with Crippen LogP contribution in [-0.2, 0) is 10.9 Å². The molecule has 8 nitrogen and oxygen atoms in total. The number of ether oxygens (including phenoxy) is 1. The molecule has 2 aromatic heterocycles. The third kappa shape index (κ3) is 6.25. The molecule has 13 heteroatoms. The molecule has 2 aliphatic rings. The van der Waals surface area contributed by atoms with E-state index in [1.54, 1.807) is 30.3 Å². The molecule has 0 aliphatic carbocycles. The van der Waals surface area contributed by atoms with Crippen molar-refractivity contribution in [1.29, 1.82) is 0 Å². The third-order valence-corrected chi connectivity index (χ3v) is 7.03. The van der Waals surface area contributed by atoms with Crippen LogP contribution in [0.1, 0.15) is 40.6 Å². The lowest BCUT2D eigenvalue weighted by Crippen LogP contribution is -2.44. The second kappa shape index (κ2) is 11.0. The summed E-state index contributed by atoms with van der Waals surface area (Å²) in [6.45, 7) is 2.48. The van der Waals surface area contributed by atoms with Crippen LogP contribution in [0, 0.1) is 0 Å². The molecule has 0 spiro atoms. The maximum Gasteiger partial charge on any atom is 0.451 e. The first-order valence-electron chi connectivity index (χ1n) is 12.6. The van der Waals surface area contributed by atoms with E-state index < -0.39 is 24.0 Å². The quantitative estimate of drug-likeness (QED) is 0.463. The summed E-state index contributed by atoms with van der Waals surface area (Å²) in [5, 5.41) is 3.50. The van der Waals surface area contributed by atoms with Gasteiger partial charge in [-0.05, 0) is 24.3 Å². The summed E-state index contributed by atoms with van der Waals surface area (Å²) >= 11 is 0. The van der Waals surface area contributed by atoms with Gasteiger partial charge >= 0.3 is 6.18 Å². The highest BCUT2D eigenvalue weighted by molar-refractivity contribution is 6.06. The summed E-state index contributed by atoms with van der Waals surface area (Å²) in [6, 6.07) is 8.12. The van der Waals surface area contributed by atoms with Gasteiger partial charge in [0.2, 0.25) is 5.82 Å². The van der Waals surface area contributed by atoms with Gasteiger partial charge in [-0.25, -0.2) is 23.7 Å². The predicted molar refractivity (Wildman–Crippen MR) is 133 cm³/mol. The Morgan fingerprint density at radius 3 is 2.38 bits per heavy atom. The van der Waals surface area contributed by atoms with Crippen molar-refractivity contribution in [2.24, 2.45) is 0 Å². The maximum atomic E-state index is 13.6. The molecule has 0 saturated carbocycles. The third-order valence-electron chi connectivity index (χ3n) is 7.03. The molecule has 4 heterocycles. The van der Waals surface area contributed by atoms with Gasteiger partial charge in [-0.15, -0.1) is 0 Å². The van der Waals surface area contributed by atoms with Crippen molar-refractivity contribution >= 4 is 22.6 Å². The number of nitrogens with zero attached hydrogens (tertiary/aromatic N) is 5. The van der Waals surface area contributed by atoms with Gasteiger partial charge in [0.1, 0.15) is 5.82 Å². The molecule has 208 valence electrons. The number of benzene rings is 1. The number of hydrogen-bond acceptors (Lipinski definition) is 7. The lowest BCUT2D eigenvalue weighted by molar-refractivity contribution is -0.145. The molecule has 1 unspecified atom stereocenters. The number of fused-ring (bicyclic) bond motifs is 1. The van der Waals surface area contributed by atoms with Crippen molar-refractivity contribution in [2.75, 3.05) is 50.8 Å². The number of alkyl halides is 5. The lowest BCUT2D eigenvalue weighted by atomic mass is 10.0. The van der Waals surface area contributed by atoms with Crippen molar-refractivity contribution in [1.82, 2.24) is 25.2 Å². The number of morpholine rings is 1. The number of nitrogens with one attached hydrogen (secondary N) is 1. The first-order chi connectivity index (χ1) is 18.6. The summed E-state index contributed by atoms with van der Waals surface area (Å²) in [6.07, 6.45) is -2.83. The number of piperidine rings is 1. The van der Waals surface area contributed by atoms with E-state index in [1.165, 1.54) is 0 Å². The number of amides is 1. The molecular weight excluding hydrogens is 523 g/mol. The minimum atomic E-state index is -4.65. The summed E-state index contributed by atoms with van der Waals surface area (Å²) in [5.74, 6) is -3.69. The molecule has 39 heavy (non-hydrogen) atoms. The van der Waals surface area contributed by atoms with Crippen LogP contribution in [0.4, 0.5) is 27.8 Å². The van der Waals surface area contributed by atoms with E-state index in [9.17, 15) is 26.7 Å². The molecule has 0 bridgehead atoms. The summed E-state index contributed by atoms with van der Waals surface area (Å²) in [4.78, 5) is 28.7. The Kier molecular flexibility index (Phi) is 7.63. The first-order valence-corrected chi connectivity index (χ1v) is 12.6. The van der Waals surface area contributed by atoms with Gasteiger partial charge in [0.15, 0.2) is 0 Å². The van der Waals surface area contributed by atoms with Crippen molar-refractivity contribution in [3.8, 4) is 0 Å². The van der Waals surface area contributed by atoms with E-state index in [0.29, 0.717) is 54.2 Å². The predicted octanol–water partition coefficient (Wildman–Crippen LogP) is 4.08. The van der Waals surface area contributed by atoms with E-state index in [0.717, 1.165) is 12.4 Å². The number of halogens is 5. The van der Waals surface area contributed by atoms with E-state index >= 15 is 0 Å². The number of carbonyl (C=O) groups excluding carboxylic acids is 1. The Hall–Kier alpha value is -3.45. The van der Waals surface area contributed by atoms with E-state index in [1.807, 2.05) is 9.80 Å². The van der Waals surface area contributed by atoms with Gasteiger partial charge in [0, 0.05) is 74.5 Å². The molecule has 0 radical (unpaired) electrons.